The second kappa shape index (κ2) is 3.90. The highest BCUT2D eigenvalue weighted by Crippen LogP contribution is 2.27. The highest BCUT2D eigenvalue weighted by atomic mass is 16.5. The molecule has 0 atom stereocenters. The van der Waals surface area contributed by atoms with Crippen LogP contribution in [0.25, 0.3) is 16.9 Å². The Morgan fingerprint density at radius 1 is 1.12 bits per heavy atom. The molecule has 0 saturated carbocycles. The SMILES string of the molecule is COc1ccccc1-c1ccc2nccn2n1. The van der Waals surface area contributed by atoms with Crippen LogP contribution in [-0.2, 0) is 0 Å². The second-order valence-electron chi connectivity index (χ2n) is 3.65. The number of hydrogen-bond acceptors (Lipinski definition) is 3. The molecular formula is C13H11N3O. The third-order valence-electron chi connectivity index (χ3n) is 2.64. The van der Waals surface area contributed by atoms with Crippen LogP contribution in [0.1, 0.15) is 0 Å². The fourth-order valence-corrected chi connectivity index (χ4v) is 1.82. The molecule has 0 radical (unpaired) electrons. The molecule has 0 saturated heterocycles. The number of para-hydroxylation sites is 1. The lowest BCUT2D eigenvalue weighted by atomic mass is 10.1. The number of imidazole rings is 1. The topological polar surface area (TPSA) is 39.4 Å². The van der Waals surface area contributed by atoms with E-state index >= 15 is 0 Å². The van der Waals surface area contributed by atoms with Crippen LogP contribution in [-0.4, -0.2) is 21.7 Å². The first-order valence-corrected chi connectivity index (χ1v) is 5.32. The van der Waals surface area contributed by atoms with Crippen molar-refractivity contribution < 1.29 is 4.74 Å². The molecule has 2 aromatic heterocycles. The van der Waals surface area contributed by atoms with Crippen LogP contribution in [0, 0.1) is 0 Å². The number of aromatic nitrogens is 3. The maximum absolute atomic E-state index is 5.33. The van der Waals surface area contributed by atoms with Crippen LogP contribution in [0.4, 0.5) is 0 Å². The minimum Gasteiger partial charge on any atom is -0.496 e. The number of hydrogen-bond donors (Lipinski definition) is 0. The van der Waals surface area contributed by atoms with E-state index in [4.69, 9.17) is 4.74 Å². The minimum absolute atomic E-state index is 0.819. The Hall–Kier alpha value is -2.36. The predicted octanol–water partition coefficient (Wildman–Crippen LogP) is 2.40. The first-order chi connectivity index (χ1) is 8.38. The van der Waals surface area contributed by atoms with Gasteiger partial charge in [-0.2, -0.15) is 5.10 Å². The molecule has 0 aliphatic rings. The number of ether oxygens (including phenoxy) is 1. The molecule has 0 bridgehead atoms. The second-order valence-corrected chi connectivity index (χ2v) is 3.65. The van der Waals surface area contributed by atoms with E-state index < -0.39 is 0 Å². The number of benzene rings is 1. The lowest BCUT2D eigenvalue weighted by molar-refractivity contribution is 0.416. The van der Waals surface area contributed by atoms with Crippen molar-refractivity contribution in [2.24, 2.45) is 0 Å². The molecule has 84 valence electrons. The van der Waals surface area contributed by atoms with Gasteiger partial charge in [0.05, 0.1) is 12.8 Å². The summed E-state index contributed by atoms with van der Waals surface area (Å²) in [6, 6.07) is 11.7. The average Bonchev–Trinajstić information content (AvgIpc) is 2.85. The zero-order valence-corrected chi connectivity index (χ0v) is 9.37. The van der Waals surface area contributed by atoms with Crippen molar-refractivity contribution >= 4 is 5.65 Å². The predicted molar refractivity (Wildman–Crippen MR) is 65.0 cm³/mol. The zero-order valence-electron chi connectivity index (χ0n) is 9.37. The van der Waals surface area contributed by atoms with Gasteiger partial charge in [-0.1, -0.05) is 12.1 Å². The molecule has 0 unspecified atom stereocenters. The maximum atomic E-state index is 5.33. The fraction of sp³-hybridized carbons (Fsp3) is 0.0769. The third kappa shape index (κ3) is 1.63. The Morgan fingerprint density at radius 3 is 2.88 bits per heavy atom. The monoisotopic (exact) mass is 225 g/mol. The van der Waals surface area contributed by atoms with Crippen LogP contribution in [0.5, 0.6) is 5.75 Å². The van der Waals surface area contributed by atoms with E-state index in [1.165, 1.54) is 0 Å². The zero-order chi connectivity index (χ0) is 11.7. The van der Waals surface area contributed by atoms with Gasteiger partial charge in [-0.25, -0.2) is 9.50 Å². The minimum atomic E-state index is 0.819. The van der Waals surface area contributed by atoms with E-state index in [0.29, 0.717) is 0 Å². The number of methoxy groups -OCH3 is 1. The molecule has 0 aliphatic heterocycles. The molecule has 2 heterocycles. The van der Waals surface area contributed by atoms with E-state index in [2.05, 4.69) is 10.1 Å². The Balaban J connectivity index is 2.19. The largest absolute Gasteiger partial charge is 0.496 e. The van der Waals surface area contributed by atoms with Gasteiger partial charge in [-0.05, 0) is 24.3 Å². The quantitative estimate of drug-likeness (QED) is 0.672. The Kier molecular flexibility index (Phi) is 2.26. The standard InChI is InChI=1S/C13H11N3O/c1-17-12-5-3-2-4-10(12)11-6-7-13-14-8-9-16(13)15-11/h2-9H,1H3. The van der Waals surface area contributed by atoms with Gasteiger partial charge < -0.3 is 4.74 Å². The van der Waals surface area contributed by atoms with Crippen molar-refractivity contribution in [2.45, 2.75) is 0 Å². The molecule has 0 fully saturated rings. The number of nitrogens with zero attached hydrogens (tertiary/aromatic N) is 3. The summed E-state index contributed by atoms with van der Waals surface area (Å²) in [6.45, 7) is 0. The van der Waals surface area contributed by atoms with Crippen molar-refractivity contribution in [1.82, 2.24) is 14.6 Å². The maximum Gasteiger partial charge on any atom is 0.153 e. The van der Waals surface area contributed by atoms with Crippen LogP contribution >= 0.6 is 0 Å². The summed E-state index contributed by atoms with van der Waals surface area (Å²) in [5.74, 6) is 0.819. The highest BCUT2D eigenvalue weighted by Gasteiger charge is 2.07. The molecular weight excluding hydrogens is 214 g/mol. The lowest BCUT2D eigenvalue weighted by Crippen LogP contribution is -1.95. The Morgan fingerprint density at radius 2 is 2.00 bits per heavy atom. The van der Waals surface area contributed by atoms with E-state index in [0.717, 1.165) is 22.7 Å². The van der Waals surface area contributed by atoms with E-state index in [1.807, 2.05) is 42.6 Å². The fourth-order valence-electron chi connectivity index (χ4n) is 1.82. The van der Waals surface area contributed by atoms with Crippen LogP contribution in [0.15, 0.2) is 48.8 Å². The first kappa shape index (κ1) is 9.84. The summed E-state index contributed by atoms with van der Waals surface area (Å²) in [5, 5.41) is 4.49. The van der Waals surface area contributed by atoms with Crippen LogP contribution < -0.4 is 4.74 Å². The third-order valence-corrected chi connectivity index (χ3v) is 2.64. The van der Waals surface area contributed by atoms with E-state index in [1.54, 1.807) is 17.8 Å². The van der Waals surface area contributed by atoms with Crippen molar-refractivity contribution in [3.05, 3.63) is 48.8 Å². The van der Waals surface area contributed by atoms with Gasteiger partial charge in [-0.15, -0.1) is 0 Å². The van der Waals surface area contributed by atoms with Gasteiger partial charge in [0.2, 0.25) is 0 Å². The van der Waals surface area contributed by atoms with Gasteiger partial charge in [0.1, 0.15) is 5.75 Å². The van der Waals surface area contributed by atoms with Gasteiger partial charge in [0.25, 0.3) is 0 Å². The van der Waals surface area contributed by atoms with Gasteiger partial charge >= 0.3 is 0 Å². The van der Waals surface area contributed by atoms with Crippen molar-refractivity contribution in [3.63, 3.8) is 0 Å². The number of rotatable bonds is 2. The molecule has 0 N–H and O–H groups in total. The molecule has 17 heavy (non-hydrogen) atoms. The van der Waals surface area contributed by atoms with E-state index in [9.17, 15) is 0 Å². The molecule has 4 nitrogen and oxygen atoms in total. The summed E-state index contributed by atoms with van der Waals surface area (Å²) in [5.41, 5.74) is 2.68. The lowest BCUT2D eigenvalue weighted by Gasteiger charge is -2.07. The summed E-state index contributed by atoms with van der Waals surface area (Å²) in [4.78, 5) is 4.17. The molecule has 0 spiro atoms. The molecule has 0 amide bonds. The van der Waals surface area contributed by atoms with Crippen LogP contribution in [0.2, 0.25) is 0 Å². The number of fused-ring (bicyclic) bond motifs is 1. The molecule has 3 aromatic rings. The van der Waals surface area contributed by atoms with Crippen molar-refractivity contribution in [3.8, 4) is 17.0 Å². The summed E-state index contributed by atoms with van der Waals surface area (Å²) in [6.07, 6.45) is 3.56. The Bertz CT molecular complexity index is 660. The average molecular weight is 225 g/mol. The van der Waals surface area contributed by atoms with Crippen molar-refractivity contribution in [1.29, 1.82) is 0 Å². The molecule has 1 aromatic carbocycles. The Labute approximate surface area is 98.5 Å². The molecule has 0 aliphatic carbocycles. The van der Waals surface area contributed by atoms with Crippen molar-refractivity contribution in [2.75, 3.05) is 7.11 Å². The van der Waals surface area contributed by atoms with E-state index in [-0.39, 0.29) is 0 Å². The smallest absolute Gasteiger partial charge is 0.153 e. The summed E-state index contributed by atoms with van der Waals surface area (Å²) >= 11 is 0. The van der Waals surface area contributed by atoms with Gasteiger partial charge in [0.15, 0.2) is 5.65 Å². The molecule has 4 heteroatoms. The highest BCUT2D eigenvalue weighted by molar-refractivity contribution is 5.67. The molecule has 3 rings (SSSR count). The summed E-state index contributed by atoms with van der Waals surface area (Å²) in [7, 11) is 1.66. The van der Waals surface area contributed by atoms with Crippen LogP contribution in [0.3, 0.4) is 0 Å². The van der Waals surface area contributed by atoms with Gasteiger partial charge in [0, 0.05) is 18.0 Å². The van der Waals surface area contributed by atoms with Gasteiger partial charge in [-0.3, -0.25) is 0 Å². The normalized spacial score (nSPS) is 10.6. The first-order valence-electron chi connectivity index (χ1n) is 5.32. The summed E-state index contributed by atoms with van der Waals surface area (Å²) < 4.78 is 7.08.